The molecule has 1 aliphatic carbocycles. The lowest BCUT2D eigenvalue weighted by molar-refractivity contribution is -0.387. The van der Waals surface area contributed by atoms with Crippen molar-refractivity contribution in [3.63, 3.8) is 0 Å². The highest BCUT2D eigenvalue weighted by atomic mass is 19.1. The molecule has 116 valence electrons. The smallest absolute Gasteiger partial charge is 0.306 e. The second-order valence-electron chi connectivity index (χ2n) is 6.28. The normalized spacial score (nSPS) is 22.9. The van der Waals surface area contributed by atoms with E-state index >= 15 is 0 Å². The molecule has 2 unspecified atom stereocenters. The molecule has 5 heteroatoms. The predicted octanol–water partition coefficient (Wildman–Crippen LogP) is 4.75. The van der Waals surface area contributed by atoms with E-state index < -0.39 is 16.4 Å². The molecule has 1 aliphatic rings. The average Bonchev–Trinajstić information content (AvgIpc) is 2.66. The molecule has 2 atom stereocenters. The average molecular weight is 294 g/mol. The van der Waals surface area contributed by atoms with Gasteiger partial charge in [0.1, 0.15) is 0 Å². The summed E-state index contributed by atoms with van der Waals surface area (Å²) in [4.78, 5) is 10.1. The van der Waals surface area contributed by atoms with E-state index in [4.69, 9.17) is 0 Å². The number of hydrogen-bond acceptors (Lipinski definition) is 3. The van der Waals surface area contributed by atoms with Crippen molar-refractivity contribution in [2.75, 3.05) is 5.32 Å². The maximum Gasteiger partial charge on any atom is 0.306 e. The minimum absolute atomic E-state index is 0.318. The first-order valence-corrected chi connectivity index (χ1v) is 7.68. The Morgan fingerprint density at radius 1 is 1.29 bits per heavy atom. The van der Waals surface area contributed by atoms with Crippen LogP contribution in [0.25, 0.3) is 0 Å². The molecule has 0 amide bonds. The Kier molecular flexibility index (Phi) is 5.15. The highest BCUT2D eigenvalue weighted by Crippen LogP contribution is 2.31. The van der Waals surface area contributed by atoms with Crippen molar-refractivity contribution in [3.05, 3.63) is 34.1 Å². The second-order valence-corrected chi connectivity index (χ2v) is 6.28. The summed E-state index contributed by atoms with van der Waals surface area (Å²) in [6.45, 7) is 4.53. The molecule has 0 bridgehead atoms. The zero-order valence-electron chi connectivity index (χ0n) is 12.6. The molecule has 1 saturated carbocycles. The van der Waals surface area contributed by atoms with Crippen molar-refractivity contribution >= 4 is 11.4 Å². The van der Waals surface area contributed by atoms with Crippen molar-refractivity contribution in [2.45, 2.75) is 52.0 Å². The zero-order valence-corrected chi connectivity index (χ0v) is 12.6. The summed E-state index contributed by atoms with van der Waals surface area (Å²) in [6.07, 6.45) is 5.73. The molecule has 1 N–H and O–H groups in total. The first kappa shape index (κ1) is 15.7. The van der Waals surface area contributed by atoms with Gasteiger partial charge >= 0.3 is 5.69 Å². The van der Waals surface area contributed by atoms with E-state index in [0.717, 1.165) is 24.8 Å². The largest absolute Gasteiger partial charge is 0.382 e. The van der Waals surface area contributed by atoms with E-state index in [1.54, 1.807) is 6.07 Å². The first-order valence-electron chi connectivity index (χ1n) is 7.68. The number of benzene rings is 1. The molecule has 2 rings (SSSR count). The van der Waals surface area contributed by atoms with Gasteiger partial charge in [0, 0.05) is 17.8 Å². The Hall–Kier alpha value is -1.65. The van der Waals surface area contributed by atoms with Crippen molar-refractivity contribution in [3.8, 4) is 0 Å². The van der Waals surface area contributed by atoms with Gasteiger partial charge in [-0.25, -0.2) is 0 Å². The molecule has 0 aliphatic heterocycles. The van der Waals surface area contributed by atoms with Gasteiger partial charge in [0.25, 0.3) is 0 Å². The Labute approximate surface area is 124 Å². The van der Waals surface area contributed by atoms with Crippen molar-refractivity contribution in [1.82, 2.24) is 0 Å². The molecule has 0 saturated heterocycles. The van der Waals surface area contributed by atoms with E-state index in [2.05, 4.69) is 19.2 Å². The number of nitrogens with zero attached hydrogens (tertiary/aromatic N) is 1. The summed E-state index contributed by atoms with van der Waals surface area (Å²) in [7, 11) is 0. The second kappa shape index (κ2) is 6.87. The fourth-order valence-electron chi connectivity index (χ4n) is 3.12. The number of nitrogens with one attached hydrogen (secondary N) is 1. The maximum atomic E-state index is 13.3. The number of rotatable bonds is 4. The van der Waals surface area contributed by atoms with Crippen LogP contribution in [0.5, 0.6) is 0 Å². The van der Waals surface area contributed by atoms with Crippen LogP contribution in [-0.4, -0.2) is 11.0 Å². The van der Waals surface area contributed by atoms with Gasteiger partial charge in [0.05, 0.1) is 4.92 Å². The van der Waals surface area contributed by atoms with Gasteiger partial charge in [0.2, 0.25) is 5.82 Å². The minimum atomic E-state index is -0.786. The standard InChI is InChI=1S/C16H23FN2O2/c1-11(2)12-4-3-5-13(7-6-12)18-14-8-9-15(17)16(10-14)19(20)21/h8-13,18H,3-7H2,1-2H3. The lowest BCUT2D eigenvalue weighted by atomic mass is 9.89. The van der Waals surface area contributed by atoms with Crippen LogP contribution in [0.15, 0.2) is 18.2 Å². The fraction of sp³-hybridized carbons (Fsp3) is 0.625. The summed E-state index contributed by atoms with van der Waals surface area (Å²) in [5.74, 6) is 0.682. The maximum absolute atomic E-state index is 13.3. The van der Waals surface area contributed by atoms with E-state index in [0.29, 0.717) is 17.6 Å². The van der Waals surface area contributed by atoms with Gasteiger partial charge in [0.15, 0.2) is 0 Å². The molecule has 1 aromatic rings. The fourth-order valence-corrected chi connectivity index (χ4v) is 3.12. The quantitative estimate of drug-likeness (QED) is 0.495. The zero-order chi connectivity index (χ0) is 15.4. The van der Waals surface area contributed by atoms with Crippen LogP contribution in [0.4, 0.5) is 15.8 Å². The molecule has 4 nitrogen and oxygen atoms in total. The molecule has 1 aromatic carbocycles. The number of halogens is 1. The Morgan fingerprint density at radius 3 is 2.71 bits per heavy atom. The molecular formula is C16H23FN2O2. The third-order valence-electron chi connectivity index (χ3n) is 4.47. The molecule has 0 spiro atoms. The SMILES string of the molecule is CC(C)C1CCCC(Nc2ccc(F)c([N+](=O)[O-])c2)CC1. The van der Waals surface area contributed by atoms with Gasteiger partial charge in [-0.3, -0.25) is 10.1 Å². The van der Waals surface area contributed by atoms with Crippen LogP contribution in [0.2, 0.25) is 0 Å². The number of nitro groups is 1. The van der Waals surface area contributed by atoms with Crippen LogP contribution in [0, 0.1) is 27.8 Å². The molecule has 21 heavy (non-hydrogen) atoms. The summed E-state index contributed by atoms with van der Waals surface area (Å²) in [5, 5.41) is 14.1. The van der Waals surface area contributed by atoms with Gasteiger partial charge < -0.3 is 5.32 Å². The Morgan fingerprint density at radius 2 is 2.05 bits per heavy atom. The third kappa shape index (κ3) is 4.16. The lowest BCUT2D eigenvalue weighted by Gasteiger charge is -2.19. The molecular weight excluding hydrogens is 271 g/mol. The van der Waals surface area contributed by atoms with Crippen LogP contribution < -0.4 is 5.32 Å². The molecule has 0 heterocycles. The van der Waals surface area contributed by atoms with Crippen molar-refractivity contribution in [1.29, 1.82) is 0 Å². The van der Waals surface area contributed by atoms with Crippen molar-refractivity contribution in [2.24, 2.45) is 11.8 Å². The summed E-state index contributed by atoms with van der Waals surface area (Å²) in [5.41, 5.74) is 0.171. The summed E-state index contributed by atoms with van der Waals surface area (Å²) in [6, 6.07) is 4.35. The monoisotopic (exact) mass is 294 g/mol. The summed E-state index contributed by atoms with van der Waals surface area (Å²) >= 11 is 0. The van der Waals surface area contributed by atoms with Crippen molar-refractivity contribution < 1.29 is 9.31 Å². The number of nitro benzene ring substituents is 1. The summed E-state index contributed by atoms with van der Waals surface area (Å²) < 4.78 is 13.3. The van der Waals surface area contributed by atoms with E-state index in [-0.39, 0.29) is 0 Å². The van der Waals surface area contributed by atoms with E-state index in [1.807, 2.05) is 0 Å². The van der Waals surface area contributed by atoms with Gasteiger partial charge in [-0.1, -0.05) is 26.7 Å². The number of hydrogen-bond donors (Lipinski definition) is 1. The first-order chi connectivity index (χ1) is 9.97. The van der Waals surface area contributed by atoms with E-state index in [1.165, 1.54) is 25.3 Å². The third-order valence-corrected chi connectivity index (χ3v) is 4.47. The Bertz CT molecular complexity index is 505. The van der Waals surface area contributed by atoms with Gasteiger partial charge in [-0.2, -0.15) is 4.39 Å². The highest BCUT2D eigenvalue weighted by molar-refractivity contribution is 5.52. The Balaban J connectivity index is 2.01. The van der Waals surface area contributed by atoms with Crippen LogP contribution in [0.3, 0.4) is 0 Å². The lowest BCUT2D eigenvalue weighted by Crippen LogP contribution is -2.19. The van der Waals surface area contributed by atoms with Crippen LogP contribution in [0.1, 0.15) is 46.0 Å². The van der Waals surface area contributed by atoms with E-state index in [9.17, 15) is 14.5 Å². The molecule has 0 aromatic heterocycles. The van der Waals surface area contributed by atoms with Gasteiger partial charge in [-0.05, 0) is 43.2 Å². The van der Waals surface area contributed by atoms with Crippen LogP contribution >= 0.6 is 0 Å². The molecule has 1 fully saturated rings. The highest BCUT2D eigenvalue weighted by Gasteiger charge is 2.22. The number of anilines is 1. The topological polar surface area (TPSA) is 55.2 Å². The predicted molar refractivity (Wildman–Crippen MR) is 81.9 cm³/mol. The van der Waals surface area contributed by atoms with Gasteiger partial charge in [-0.15, -0.1) is 0 Å². The molecule has 0 radical (unpaired) electrons. The van der Waals surface area contributed by atoms with Crippen LogP contribution in [-0.2, 0) is 0 Å². The minimum Gasteiger partial charge on any atom is -0.382 e.